The Labute approximate surface area is 124 Å². The van der Waals surface area contributed by atoms with E-state index in [2.05, 4.69) is 5.32 Å². The molecule has 0 spiro atoms. The number of amides is 1. The maximum absolute atomic E-state index is 12.8. The Morgan fingerprint density at radius 2 is 1.57 bits per heavy atom. The first-order valence-electron chi connectivity index (χ1n) is 6.54. The van der Waals surface area contributed by atoms with Gasteiger partial charge in [-0.1, -0.05) is 48.0 Å². The molecule has 0 aliphatic carbocycles. The van der Waals surface area contributed by atoms with Crippen LogP contribution in [0, 0.1) is 6.92 Å². The highest BCUT2D eigenvalue weighted by Crippen LogP contribution is 2.26. The van der Waals surface area contributed by atoms with Crippen molar-refractivity contribution in [2.45, 2.75) is 24.1 Å². The summed E-state index contributed by atoms with van der Waals surface area (Å²) in [5.74, 6) is -0.389. The fourth-order valence-electron chi connectivity index (χ4n) is 2.02. The third kappa shape index (κ3) is 3.49. The van der Waals surface area contributed by atoms with Crippen LogP contribution in [0.25, 0.3) is 0 Å². The van der Waals surface area contributed by atoms with Crippen LogP contribution in [0.5, 0.6) is 0 Å². The van der Waals surface area contributed by atoms with Crippen LogP contribution in [0.15, 0.2) is 59.5 Å². The standard InChI is InChI=1S/C16H17NO3S/c1-12-8-10-15(11-9-12)21(19,20)16(17-13(2)18)14-6-4-3-5-7-14/h3-11,16H,1-2H3,(H,17,18). The summed E-state index contributed by atoms with van der Waals surface area (Å²) in [7, 11) is -3.70. The summed E-state index contributed by atoms with van der Waals surface area (Å²) in [6.07, 6.45) is 0. The molecule has 5 heteroatoms. The monoisotopic (exact) mass is 303 g/mol. The minimum Gasteiger partial charge on any atom is -0.336 e. The highest BCUT2D eigenvalue weighted by Gasteiger charge is 2.29. The molecule has 0 fully saturated rings. The van der Waals surface area contributed by atoms with Crippen molar-refractivity contribution in [3.63, 3.8) is 0 Å². The van der Waals surface area contributed by atoms with Crippen LogP contribution in [-0.4, -0.2) is 14.3 Å². The zero-order chi connectivity index (χ0) is 15.5. The number of carbonyl (C=O) groups is 1. The molecule has 0 aliphatic heterocycles. The number of aryl methyl sites for hydroxylation is 1. The van der Waals surface area contributed by atoms with E-state index >= 15 is 0 Å². The Bertz CT molecular complexity index is 722. The van der Waals surface area contributed by atoms with Crippen LogP contribution < -0.4 is 5.32 Å². The van der Waals surface area contributed by atoms with Crippen molar-refractivity contribution in [1.29, 1.82) is 0 Å². The molecule has 0 bridgehead atoms. The first kappa shape index (κ1) is 15.3. The summed E-state index contributed by atoms with van der Waals surface area (Å²) in [6.45, 7) is 3.19. The van der Waals surface area contributed by atoms with Gasteiger partial charge in [0.25, 0.3) is 0 Å². The summed E-state index contributed by atoms with van der Waals surface area (Å²) in [4.78, 5) is 11.6. The molecule has 2 aromatic rings. The van der Waals surface area contributed by atoms with Gasteiger partial charge in [-0.15, -0.1) is 0 Å². The fourth-order valence-corrected chi connectivity index (χ4v) is 3.64. The number of hydrogen-bond acceptors (Lipinski definition) is 3. The molecule has 0 aromatic heterocycles. The van der Waals surface area contributed by atoms with Crippen LogP contribution in [0.3, 0.4) is 0 Å². The summed E-state index contributed by atoms with van der Waals surface area (Å²) >= 11 is 0. The second kappa shape index (κ2) is 6.10. The fraction of sp³-hybridized carbons (Fsp3) is 0.188. The number of rotatable bonds is 4. The van der Waals surface area contributed by atoms with E-state index in [0.717, 1.165) is 5.56 Å². The molecule has 0 saturated carbocycles. The van der Waals surface area contributed by atoms with Crippen molar-refractivity contribution >= 4 is 15.7 Å². The lowest BCUT2D eigenvalue weighted by molar-refractivity contribution is -0.119. The average Bonchev–Trinajstić information content (AvgIpc) is 2.46. The second-order valence-electron chi connectivity index (χ2n) is 4.85. The molecule has 110 valence electrons. The maximum Gasteiger partial charge on any atom is 0.218 e. The van der Waals surface area contributed by atoms with Crippen molar-refractivity contribution in [3.8, 4) is 0 Å². The van der Waals surface area contributed by atoms with E-state index in [1.54, 1.807) is 54.6 Å². The van der Waals surface area contributed by atoms with Crippen molar-refractivity contribution in [2.24, 2.45) is 0 Å². The lowest BCUT2D eigenvalue weighted by atomic mass is 10.2. The highest BCUT2D eigenvalue weighted by atomic mass is 32.2. The van der Waals surface area contributed by atoms with Crippen LogP contribution in [0.2, 0.25) is 0 Å². The molecule has 0 heterocycles. The average molecular weight is 303 g/mol. The zero-order valence-corrected chi connectivity index (χ0v) is 12.7. The number of hydrogen-bond donors (Lipinski definition) is 1. The van der Waals surface area contributed by atoms with E-state index in [1.807, 2.05) is 6.92 Å². The largest absolute Gasteiger partial charge is 0.336 e. The van der Waals surface area contributed by atoms with Gasteiger partial charge in [0.1, 0.15) is 0 Å². The highest BCUT2D eigenvalue weighted by molar-refractivity contribution is 7.91. The van der Waals surface area contributed by atoms with Gasteiger partial charge in [-0.25, -0.2) is 8.42 Å². The van der Waals surface area contributed by atoms with Gasteiger partial charge in [-0.05, 0) is 24.6 Å². The minimum atomic E-state index is -3.70. The number of benzene rings is 2. The smallest absolute Gasteiger partial charge is 0.218 e. The van der Waals surface area contributed by atoms with Gasteiger partial charge in [0.05, 0.1) is 4.90 Å². The van der Waals surface area contributed by atoms with Crippen molar-refractivity contribution in [3.05, 3.63) is 65.7 Å². The Hall–Kier alpha value is -2.14. The molecule has 1 unspecified atom stereocenters. The van der Waals surface area contributed by atoms with E-state index in [1.165, 1.54) is 6.92 Å². The molecular formula is C16H17NO3S. The van der Waals surface area contributed by atoms with Gasteiger partial charge < -0.3 is 5.32 Å². The summed E-state index contributed by atoms with van der Waals surface area (Å²) in [6, 6.07) is 15.3. The predicted octanol–water partition coefficient (Wildman–Crippen LogP) is 2.60. The van der Waals surface area contributed by atoms with Gasteiger partial charge in [-0.2, -0.15) is 0 Å². The van der Waals surface area contributed by atoms with Crippen LogP contribution in [-0.2, 0) is 14.6 Å². The molecule has 21 heavy (non-hydrogen) atoms. The number of carbonyl (C=O) groups excluding carboxylic acids is 1. The zero-order valence-electron chi connectivity index (χ0n) is 11.9. The van der Waals surface area contributed by atoms with Crippen LogP contribution in [0.4, 0.5) is 0 Å². The van der Waals surface area contributed by atoms with Gasteiger partial charge >= 0.3 is 0 Å². The molecule has 0 aliphatic rings. The third-order valence-corrected chi connectivity index (χ3v) is 5.04. The number of sulfone groups is 1. The van der Waals surface area contributed by atoms with E-state index in [-0.39, 0.29) is 10.8 Å². The van der Waals surface area contributed by atoms with Crippen molar-refractivity contribution in [2.75, 3.05) is 0 Å². The quantitative estimate of drug-likeness (QED) is 0.944. The molecule has 4 nitrogen and oxygen atoms in total. The lowest BCUT2D eigenvalue weighted by Crippen LogP contribution is -2.32. The Kier molecular flexibility index (Phi) is 4.43. The molecular weight excluding hydrogens is 286 g/mol. The van der Waals surface area contributed by atoms with Gasteiger partial charge in [0.2, 0.25) is 15.7 Å². The Morgan fingerprint density at radius 3 is 2.10 bits per heavy atom. The normalized spacial score (nSPS) is 12.7. The van der Waals surface area contributed by atoms with Crippen molar-refractivity contribution < 1.29 is 13.2 Å². The minimum absolute atomic E-state index is 0.190. The van der Waals surface area contributed by atoms with E-state index in [0.29, 0.717) is 5.56 Å². The molecule has 0 saturated heterocycles. The Balaban J connectivity index is 2.49. The van der Waals surface area contributed by atoms with Crippen LogP contribution in [0.1, 0.15) is 23.4 Å². The van der Waals surface area contributed by atoms with E-state index < -0.39 is 15.2 Å². The molecule has 1 atom stereocenters. The second-order valence-corrected chi connectivity index (χ2v) is 6.88. The topological polar surface area (TPSA) is 63.2 Å². The van der Waals surface area contributed by atoms with Gasteiger partial charge in [0, 0.05) is 6.92 Å². The predicted molar refractivity (Wildman–Crippen MR) is 81.4 cm³/mol. The molecule has 2 aromatic carbocycles. The maximum atomic E-state index is 12.8. The lowest BCUT2D eigenvalue weighted by Gasteiger charge is -2.19. The number of nitrogens with one attached hydrogen (secondary N) is 1. The molecule has 0 radical (unpaired) electrons. The molecule has 1 amide bonds. The third-order valence-electron chi connectivity index (χ3n) is 3.10. The van der Waals surface area contributed by atoms with Crippen molar-refractivity contribution in [1.82, 2.24) is 5.32 Å². The Morgan fingerprint density at radius 1 is 1.00 bits per heavy atom. The first-order valence-corrected chi connectivity index (χ1v) is 8.08. The van der Waals surface area contributed by atoms with E-state index in [9.17, 15) is 13.2 Å². The summed E-state index contributed by atoms with van der Waals surface area (Å²) in [5.41, 5.74) is 1.51. The summed E-state index contributed by atoms with van der Waals surface area (Å²) < 4.78 is 25.5. The molecule has 1 N–H and O–H groups in total. The summed E-state index contributed by atoms with van der Waals surface area (Å²) in [5, 5.41) is 1.44. The van der Waals surface area contributed by atoms with Gasteiger partial charge in [0.15, 0.2) is 5.37 Å². The van der Waals surface area contributed by atoms with E-state index in [4.69, 9.17) is 0 Å². The molecule has 2 rings (SSSR count). The first-order chi connectivity index (χ1) is 9.91. The van der Waals surface area contributed by atoms with Gasteiger partial charge in [-0.3, -0.25) is 4.79 Å². The SMILES string of the molecule is CC(=O)NC(c1ccccc1)S(=O)(=O)c1ccc(C)cc1. The van der Waals surface area contributed by atoms with Crippen LogP contribution >= 0.6 is 0 Å².